The van der Waals surface area contributed by atoms with Gasteiger partial charge in [0.15, 0.2) is 0 Å². The Bertz CT molecular complexity index is 454. The number of carbonyl (C=O) groups is 1. The summed E-state index contributed by atoms with van der Waals surface area (Å²) in [7, 11) is 1.92. The number of amides is 1. The molecular weight excluding hydrogens is 224 g/mol. The topological polar surface area (TPSA) is 32.3 Å². The van der Waals surface area contributed by atoms with Gasteiger partial charge in [-0.25, -0.2) is 0 Å². The van der Waals surface area contributed by atoms with Crippen molar-refractivity contribution in [3.63, 3.8) is 0 Å². The highest BCUT2D eigenvalue weighted by atomic mass is 16.2. The Labute approximate surface area is 108 Å². The molecule has 18 heavy (non-hydrogen) atoms. The van der Waals surface area contributed by atoms with Crippen LogP contribution in [0.1, 0.15) is 29.9 Å². The molecule has 1 amide bonds. The predicted molar refractivity (Wildman–Crippen MR) is 71.5 cm³/mol. The second kappa shape index (κ2) is 4.73. The van der Waals surface area contributed by atoms with Gasteiger partial charge in [0.2, 0.25) is 5.91 Å². The van der Waals surface area contributed by atoms with E-state index in [2.05, 4.69) is 29.6 Å². The molecule has 96 valence electrons. The van der Waals surface area contributed by atoms with Crippen LogP contribution in [0.2, 0.25) is 0 Å². The van der Waals surface area contributed by atoms with Gasteiger partial charge in [0, 0.05) is 25.6 Å². The summed E-state index contributed by atoms with van der Waals surface area (Å²) in [5.41, 5.74) is 2.92. The number of hydrogen-bond acceptors (Lipinski definition) is 2. The minimum absolute atomic E-state index is 0.227. The van der Waals surface area contributed by atoms with Crippen LogP contribution in [0.4, 0.5) is 0 Å². The number of nitrogens with zero attached hydrogens (tertiary/aromatic N) is 1. The number of rotatable bonds is 5. The highest BCUT2D eigenvalue weighted by Crippen LogP contribution is 2.33. The summed E-state index contributed by atoms with van der Waals surface area (Å²) >= 11 is 0. The molecule has 1 fully saturated rings. The molecule has 1 aromatic carbocycles. The number of nitrogens with one attached hydrogen (secondary N) is 1. The molecule has 3 nitrogen and oxygen atoms in total. The van der Waals surface area contributed by atoms with Gasteiger partial charge in [-0.05, 0) is 30.4 Å². The number of fused-ring (bicyclic) bond motifs is 1. The molecule has 3 heteroatoms. The van der Waals surface area contributed by atoms with E-state index in [1.54, 1.807) is 0 Å². The van der Waals surface area contributed by atoms with E-state index in [1.807, 2.05) is 11.9 Å². The van der Waals surface area contributed by atoms with E-state index in [0.717, 1.165) is 13.0 Å². The Hall–Kier alpha value is -1.35. The molecule has 0 heterocycles. The standard InChI is InChI=1S/C15H20N2O/c1-17(13-6-7-13)15(18)10-16-9-12-8-11-4-2-3-5-14(11)12/h2-5,12-13,16H,6-10H2,1H3. The lowest BCUT2D eigenvalue weighted by Crippen LogP contribution is -2.39. The first-order valence-corrected chi connectivity index (χ1v) is 6.80. The fraction of sp³-hybridized carbons (Fsp3) is 0.533. The van der Waals surface area contributed by atoms with Gasteiger partial charge in [-0.3, -0.25) is 4.79 Å². The van der Waals surface area contributed by atoms with Crippen LogP contribution in [0.15, 0.2) is 24.3 Å². The molecule has 0 aromatic heterocycles. The van der Waals surface area contributed by atoms with Gasteiger partial charge in [-0.1, -0.05) is 24.3 Å². The SMILES string of the molecule is CN(C(=O)CNCC1Cc2ccccc21)C1CC1. The first-order chi connectivity index (χ1) is 8.75. The van der Waals surface area contributed by atoms with Gasteiger partial charge in [0.1, 0.15) is 0 Å². The van der Waals surface area contributed by atoms with Crippen molar-refractivity contribution < 1.29 is 4.79 Å². The summed E-state index contributed by atoms with van der Waals surface area (Å²) in [5.74, 6) is 0.824. The first-order valence-electron chi connectivity index (χ1n) is 6.80. The third-order valence-corrected chi connectivity index (χ3v) is 4.12. The molecule has 2 aliphatic carbocycles. The van der Waals surface area contributed by atoms with Crippen LogP contribution in [-0.2, 0) is 11.2 Å². The molecule has 1 unspecified atom stereocenters. The molecule has 0 aliphatic heterocycles. The molecule has 0 radical (unpaired) electrons. The molecule has 1 aromatic rings. The molecule has 0 bridgehead atoms. The molecule has 2 aliphatic rings. The summed E-state index contributed by atoms with van der Waals surface area (Å²) in [6.45, 7) is 1.40. The number of likely N-dealkylation sites (N-methyl/N-ethyl adjacent to an activating group) is 1. The zero-order valence-electron chi connectivity index (χ0n) is 10.9. The van der Waals surface area contributed by atoms with Crippen molar-refractivity contribution in [2.45, 2.75) is 31.2 Å². The van der Waals surface area contributed by atoms with Crippen LogP contribution < -0.4 is 5.32 Å². The van der Waals surface area contributed by atoms with Crippen LogP contribution in [0.5, 0.6) is 0 Å². The van der Waals surface area contributed by atoms with E-state index < -0.39 is 0 Å². The lowest BCUT2D eigenvalue weighted by Gasteiger charge is -2.30. The Morgan fingerprint density at radius 1 is 1.39 bits per heavy atom. The minimum Gasteiger partial charge on any atom is -0.342 e. The largest absolute Gasteiger partial charge is 0.342 e. The highest BCUT2D eigenvalue weighted by molar-refractivity contribution is 5.78. The lowest BCUT2D eigenvalue weighted by atomic mass is 9.77. The second-order valence-corrected chi connectivity index (χ2v) is 5.47. The number of hydrogen-bond donors (Lipinski definition) is 1. The normalized spacial score (nSPS) is 21.1. The fourth-order valence-corrected chi connectivity index (χ4v) is 2.69. The summed E-state index contributed by atoms with van der Waals surface area (Å²) in [6.07, 6.45) is 3.51. The van der Waals surface area contributed by atoms with Crippen LogP contribution in [0.25, 0.3) is 0 Å². The van der Waals surface area contributed by atoms with Gasteiger partial charge in [-0.2, -0.15) is 0 Å². The van der Waals surface area contributed by atoms with Crippen molar-refractivity contribution in [2.75, 3.05) is 20.1 Å². The molecular formula is C15H20N2O. The van der Waals surface area contributed by atoms with Crippen LogP contribution in [0, 0.1) is 0 Å². The quantitative estimate of drug-likeness (QED) is 0.852. The first kappa shape index (κ1) is 11.7. The van der Waals surface area contributed by atoms with E-state index in [0.29, 0.717) is 18.5 Å². The summed E-state index contributed by atoms with van der Waals surface area (Å²) in [5, 5.41) is 3.30. The summed E-state index contributed by atoms with van der Waals surface area (Å²) in [4.78, 5) is 13.7. The van der Waals surface area contributed by atoms with Crippen LogP contribution in [-0.4, -0.2) is 37.0 Å². The van der Waals surface area contributed by atoms with E-state index in [4.69, 9.17) is 0 Å². The van der Waals surface area contributed by atoms with Crippen molar-refractivity contribution in [2.24, 2.45) is 0 Å². The fourth-order valence-electron chi connectivity index (χ4n) is 2.69. The molecule has 0 spiro atoms. The zero-order chi connectivity index (χ0) is 12.5. The van der Waals surface area contributed by atoms with Gasteiger partial charge in [0.05, 0.1) is 6.54 Å². The second-order valence-electron chi connectivity index (χ2n) is 5.47. The van der Waals surface area contributed by atoms with Crippen molar-refractivity contribution in [1.29, 1.82) is 0 Å². The molecule has 3 rings (SSSR count). The van der Waals surface area contributed by atoms with Crippen LogP contribution in [0.3, 0.4) is 0 Å². The van der Waals surface area contributed by atoms with Crippen molar-refractivity contribution in [3.8, 4) is 0 Å². The molecule has 1 saturated carbocycles. The predicted octanol–water partition coefficient (Wildman–Crippen LogP) is 1.54. The monoisotopic (exact) mass is 244 g/mol. The van der Waals surface area contributed by atoms with Crippen molar-refractivity contribution in [1.82, 2.24) is 10.2 Å². The van der Waals surface area contributed by atoms with E-state index >= 15 is 0 Å². The summed E-state index contributed by atoms with van der Waals surface area (Å²) in [6, 6.07) is 9.10. The minimum atomic E-state index is 0.227. The maximum Gasteiger partial charge on any atom is 0.236 e. The van der Waals surface area contributed by atoms with Gasteiger partial charge in [-0.15, -0.1) is 0 Å². The molecule has 1 atom stereocenters. The van der Waals surface area contributed by atoms with Crippen molar-refractivity contribution >= 4 is 5.91 Å². The average Bonchev–Trinajstić information content (AvgIpc) is 3.18. The van der Waals surface area contributed by atoms with E-state index in [-0.39, 0.29) is 5.91 Å². The number of benzene rings is 1. The Morgan fingerprint density at radius 2 is 2.17 bits per heavy atom. The third-order valence-electron chi connectivity index (χ3n) is 4.12. The molecule has 0 saturated heterocycles. The van der Waals surface area contributed by atoms with Gasteiger partial charge < -0.3 is 10.2 Å². The Morgan fingerprint density at radius 3 is 2.89 bits per heavy atom. The lowest BCUT2D eigenvalue weighted by molar-refractivity contribution is -0.129. The zero-order valence-corrected chi connectivity index (χ0v) is 10.9. The summed E-state index contributed by atoms with van der Waals surface area (Å²) < 4.78 is 0. The highest BCUT2D eigenvalue weighted by Gasteiger charge is 2.29. The van der Waals surface area contributed by atoms with Crippen LogP contribution >= 0.6 is 0 Å². The Kier molecular flexibility index (Phi) is 3.08. The van der Waals surface area contributed by atoms with Crippen molar-refractivity contribution in [3.05, 3.63) is 35.4 Å². The Balaban J connectivity index is 1.42. The molecule has 1 N–H and O–H groups in total. The maximum absolute atomic E-state index is 11.8. The number of carbonyl (C=O) groups excluding carboxylic acids is 1. The smallest absolute Gasteiger partial charge is 0.236 e. The van der Waals surface area contributed by atoms with Gasteiger partial charge in [0.25, 0.3) is 0 Å². The van der Waals surface area contributed by atoms with Gasteiger partial charge >= 0.3 is 0 Å². The average molecular weight is 244 g/mol. The van der Waals surface area contributed by atoms with E-state index in [1.165, 1.54) is 24.0 Å². The van der Waals surface area contributed by atoms with E-state index in [9.17, 15) is 4.79 Å². The third kappa shape index (κ3) is 2.27. The maximum atomic E-state index is 11.8.